The van der Waals surface area contributed by atoms with E-state index < -0.39 is 0 Å². The molecule has 0 aliphatic carbocycles. The van der Waals surface area contributed by atoms with Crippen LogP contribution < -0.4 is 9.47 Å². The van der Waals surface area contributed by atoms with Gasteiger partial charge in [0.25, 0.3) is 5.91 Å². The normalized spacial score (nSPS) is 16.0. The summed E-state index contributed by atoms with van der Waals surface area (Å²) in [6.45, 7) is 7.78. The summed E-state index contributed by atoms with van der Waals surface area (Å²) in [6.07, 6.45) is 0. The van der Waals surface area contributed by atoms with Crippen LogP contribution >= 0.6 is 15.9 Å². The molecule has 5 nitrogen and oxygen atoms in total. The molecule has 1 saturated heterocycles. The quantitative estimate of drug-likeness (QED) is 0.797. The number of hydrogen-bond acceptors (Lipinski definition) is 4. The van der Waals surface area contributed by atoms with Gasteiger partial charge in [-0.25, -0.2) is 0 Å². The molecule has 1 heterocycles. The first kappa shape index (κ1) is 17.1. The molecule has 1 aromatic carbocycles. The van der Waals surface area contributed by atoms with Crippen LogP contribution in [-0.2, 0) is 4.79 Å². The predicted molar refractivity (Wildman–Crippen MR) is 89.5 cm³/mol. The van der Waals surface area contributed by atoms with E-state index in [1.54, 1.807) is 7.11 Å². The van der Waals surface area contributed by atoms with Crippen molar-refractivity contribution < 1.29 is 14.3 Å². The van der Waals surface area contributed by atoms with Crippen molar-refractivity contribution in [2.45, 2.75) is 19.9 Å². The van der Waals surface area contributed by atoms with Crippen molar-refractivity contribution in [2.75, 3.05) is 39.9 Å². The Morgan fingerprint density at radius 3 is 2.45 bits per heavy atom. The number of halogens is 1. The van der Waals surface area contributed by atoms with Crippen LogP contribution in [0.25, 0.3) is 0 Å². The van der Waals surface area contributed by atoms with Gasteiger partial charge >= 0.3 is 0 Å². The maximum absolute atomic E-state index is 12.2. The van der Waals surface area contributed by atoms with Gasteiger partial charge in [-0.2, -0.15) is 0 Å². The number of carbonyl (C=O) groups excluding carboxylic acids is 1. The zero-order valence-electron chi connectivity index (χ0n) is 13.3. The minimum absolute atomic E-state index is 0.0260. The largest absolute Gasteiger partial charge is 0.495 e. The molecule has 0 bridgehead atoms. The number of piperazine rings is 1. The van der Waals surface area contributed by atoms with Crippen LogP contribution in [0.5, 0.6) is 11.5 Å². The molecular weight excluding hydrogens is 348 g/mol. The number of rotatable bonds is 5. The average molecular weight is 371 g/mol. The van der Waals surface area contributed by atoms with Gasteiger partial charge in [0.2, 0.25) is 0 Å². The minimum atomic E-state index is 0.0260. The zero-order chi connectivity index (χ0) is 16.1. The van der Waals surface area contributed by atoms with Crippen LogP contribution in [0, 0.1) is 0 Å². The summed E-state index contributed by atoms with van der Waals surface area (Å²) in [5.74, 6) is 1.34. The van der Waals surface area contributed by atoms with Crippen LogP contribution in [0.3, 0.4) is 0 Å². The van der Waals surface area contributed by atoms with Gasteiger partial charge in [0.05, 0.1) is 7.11 Å². The molecule has 2 rings (SSSR count). The van der Waals surface area contributed by atoms with Crippen molar-refractivity contribution in [3.63, 3.8) is 0 Å². The maximum Gasteiger partial charge on any atom is 0.260 e. The predicted octanol–water partition coefficient (Wildman–Crippen LogP) is 2.39. The third-order valence-electron chi connectivity index (χ3n) is 3.90. The monoisotopic (exact) mass is 370 g/mol. The van der Waals surface area contributed by atoms with Crippen LogP contribution in [0.4, 0.5) is 0 Å². The lowest BCUT2D eigenvalue weighted by atomic mass is 10.2. The van der Waals surface area contributed by atoms with Crippen LogP contribution in [0.1, 0.15) is 13.8 Å². The van der Waals surface area contributed by atoms with Crippen LogP contribution in [-0.4, -0.2) is 61.6 Å². The standard InChI is InChI=1S/C16H23BrN2O3/c1-12(2)18-7-9-19(10-8-18)15(20)11-22-14-6-4-5-13(21-3)16(14)17/h4-6,12H,7-11H2,1-3H3. The Bertz CT molecular complexity index is 514. The first-order valence-corrected chi connectivity index (χ1v) is 8.29. The van der Waals surface area contributed by atoms with Gasteiger partial charge in [-0.05, 0) is 41.9 Å². The number of carbonyl (C=O) groups is 1. The Hall–Kier alpha value is -1.27. The summed E-state index contributed by atoms with van der Waals surface area (Å²) < 4.78 is 11.6. The van der Waals surface area contributed by atoms with E-state index in [1.165, 1.54) is 0 Å². The molecule has 0 atom stereocenters. The van der Waals surface area contributed by atoms with Crippen molar-refractivity contribution in [2.24, 2.45) is 0 Å². The Morgan fingerprint density at radius 1 is 1.23 bits per heavy atom. The number of benzene rings is 1. The fourth-order valence-electron chi connectivity index (χ4n) is 2.48. The highest BCUT2D eigenvalue weighted by Gasteiger charge is 2.22. The summed E-state index contributed by atoms with van der Waals surface area (Å²) in [5, 5.41) is 0. The lowest BCUT2D eigenvalue weighted by molar-refractivity contribution is -0.135. The van der Waals surface area contributed by atoms with E-state index in [0.29, 0.717) is 17.5 Å². The van der Waals surface area contributed by atoms with E-state index in [0.717, 1.165) is 30.7 Å². The number of hydrogen-bond donors (Lipinski definition) is 0. The second kappa shape index (κ2) is 7.83. The fourth-order valence-corrected chi connectivity index (χ4v) is 3.02. The third-order valence-corrected chi connectivity index (χ3v) is 4.68. The molecule has 0 radical (unpaired) electrons. The van der Waals surface area contributed by atoms with Crippen molar-refractivity contribution >= 4 is 21.8 Å². The minimum Gasteiger partial charge on any atom is -0.495 e. The Labute approximate surface area is 140 Å². The van der Waals surface area contributed by atoms with Crippen molar-refractivity contribution in [1.82, 2.24) is 9.80 Å². The molecular formula is C16H23BrN2O3. The SMILES string of the molecule is COc1cccc(OCC(=O)N2CCN(C(C)C)CC2)c1Br. The number of ether oxygens (including phenoxy) is 2. The van der Waals surface area contributed by atoms with E-state index in [9.17, 15) is 4.79 Å². The second-order valence-electron chi connectivity index (χ2n) is 5.57. The molecule has 1 aliphatic rings. The van der Waals surface area contributed by atoms with Gasteiger partial charge in [-0.1, -0.05) is 6.07 Å². The van der Waals surface area contributed by atoms with Gasteiger partial charge in [0, 0.05) is 32.2 Å². The molecule has 22 heavy (non-hydrogen) atoms. The van der Waals surface area contributed by atoms with Crippen LogP contribution in [0.2, 0.25) is 0 Å². The summed E-state index contributed by atoms with van der Waals surface area (Å²) in [4.78, 5) is 16.5. The Morgan fingerprint density at radius 2 is 1.86 bits per heavy atom. The highest BCUT2D eigenvalue weighted by Crippen LogP contribution is 2.33. The first-order chi connectivity index (χ1) is 10.5. The zero-order valence-corrected chi connectivity index (χ0v) is 14.9. The van der Waals surface area contributed by atoms with E-state index in [4.69, 9.17) is 9.47 Å². The maximum atomic E-state index is 12.2. The van der Waals surface area contributed by atoms with Crippen molar-refractivity contribution in [3.05, 3.63) is 22.7 Å². The van der Waals surface area contributed by atoms with Gasteiger partial charge in [-0.15, -0.1) is 0 Å². The lowest BCUT2D eigenvalue weighted by Crippen LogP contribution is -2.51. The molecule has 0 unspecified atom stereocenters. The molecule has 1 aliphatic heterocycles. The first-order valence-electron chi connectivity index (χ1n) is 7.50. The van der Waals surface area contributed by atoms with Crippen molar-refractivity contribution in [1.29, 1.82) is 0 Å². The van der Waals surface area contributed by atoms with E-state index in [1.807, 2.05) is 23.1 Å². The van der Waals surface area contributed by atoms with Crippen molar-refractivity contribution in [3.8, 4) is 11.5 Å². The molecule has 1 aromatic rings. The van der Waals surface area contributed by atoms with Gasteiger partial charge in [0.15, 0.2) is 6.61 Å². The molecule has 0 aromatic heterocycles. The highest BCUT2D eigenvalue weighted by atomic mass is 79.9. The van der Waals surface area contributed by atoms with E-state index in [2.05, 4.69) is 34.7 Å². The average Bonchev–Trinajstić information content (AvgIpc) is 2.53. The molecule has 0 spiro atoms. The third kappa shape index (κ3) is 4.14. The van der Waals surface area contributed by atoms with Gasteiger partial charge in [-0.3, -0.25) is 9.69 Å². The van der Waals surface area contributed by atoms with E-state index >= 15 is 0 Å². The summed E-state index contributed by atoms with van der Waals surface area (Å²) in [6, 6.07) is 6.02. The van der Waals surface area contributed by atoms with Gasteiger partial charge in [0.1, 0.15) is 16.0 Å². The van der Waals surface area contributed by atoms with Crippen LogP contribution in [0.15, 0.2) is 22.7 Å². The lowest BCUT2D eigenvalue weighted by Gasteiger charge is -2.36. The summed E-state index contributed by atoms with van der Waals surface area (Å²) in [5.41, 5.74) is 0. The molecule has 6 heteroatoms. The molecule has 0 N–H and O–H groups in total. The Balaban J connectivity index is 1.86. The Kier molecular flexibility index (Phi) is 6.08. The number of amides is 1. The molecule has 0 saturated carbocycles. The second-order valence-corrected chi connectivity index (χ2v) is 6.36. The summed E-state index contributed by atoms with van der Waals surface area (Å²) >= 11 is 3.43. The number of nitrogens with zero attached hydrogens (tertiary/aromatic N) is 2. The topological polar surface area (TPSA) is 42.0 Å². The fraction of sp³-hybridized carbons (Fsp3) is 0.562. The molecule has 1 fully saturated rings. The number of methoxy groups -OCH3 is 1. The molecule has 122 valence electrons. The summed E-state index contributed by atoms with van der Waals surface area (Å²) in [7, 11) is 1.60. The highest BCUT2D eigenvalue weighted by molar-refractivity contribution is 9.10. The smallest absolute Gasteiger partial charge is 0.260 e. The van der Waals surface area contributed by atoms with E-state index in [-0.39, 0.29) is 12.5 Å². The van der Waals surface area contributed by atoms with Gasteiger partial charge < -0.3 is 14.4 Å². The molecule has 1 amide bonds.